The Morgan fingerprint density at radius 3 is 1.10 bits per heavy atom. The summed E-state index contributed by atoms with van der Waals surface area (Å²) in [5.41, 5.74) is 3.98. The van der Waals surface area contributed by atoms with Crippen LogP contribution < -0.4 is 23.7 Å². The van der Waals surface area contributed by atoms with Crippen molar-refractivity contribution in [3.05, 3.63) is 184 Å². The zero-order valence-electron chi connectivity index (χ0n) is 56.8. The van der Waals surface area contributed by atoms with Crippen LogP contribution in [0.25, 0.3) is 32.3 Å². The van der Waals surface area contributed by atoms with E-state index >= 15 is 0 Å². The Labute approximate surface area is 568 Å². The summed E-state index contributed by atoms with van der Waals surface area (Å²) < 4.78 is 44.4. The highest BCUT2D eigenvalue weighted by molar-refractivity contribution is 6.31. The van der Waals surface area contributed by atoms with Crippen molar-refractivity contribution in [2.24, 2.45) is 0 Å². The number of esters is 3. The van der Waals surface area contributed by atoms with E-state index in [-0.39, 0.29) is 93.1 Å². The number of imide groups is 3. The average molecular weight is 1340 g/mol. The predicted molar refractivity (Wildman–Crippen MR) is 369 cm³/mol. The molecular weight excluding hydrogens is 1250 g/mol. The number of methoxy groups -OCH3 is 1. The van der Waals surface area contributed by atoms with Crippen molar-refractivity contribution >= 4 is 91.5 Å². The first-order valence-corrected chi connectivity index (χ1v) is 32.5. The van der Waals surface area contributed by atoms with Crippen LogP contribution in [0.5, 0.6) is 28.7 Å². The minimum absolute atomic E-state index is 0.0135. The maximum Gasteiger partial charge on any atom is 0.333 e. The zero-order chi connectivity index (χ0) is 71.1. The molecule has 3 aliphatic rings. The first-order valence-electron chi connectivity index (χ1n) is 32.5. The zero-order valence-corrected chi connectivity index (χ0v) is 56.8. The molecule has 0 spiro atoms. The molecule has 512 valence electrons. The van der Waals surface area contributed by atoms with Crippen LogP contribution in [0.15, 0.2) is 140 Å². The molecular formula is C77H81N3O18. The lowest BCUT2D eigenvalue weighted by Crippen LogP contribution is -2.44. The van der Waals surface area contributed by atoms with Gasteiger partial charge in [0.15, 0.2) is 5.78 Å². The lowest BCUT2D eigenvalue weighted by molar-refractivity contribution is -0.140. The summed E-state index contributed by atoms with van der Waals surface area (Å²) in [6.07, 6.45) is 7.12. The molecule has 0 saturated heterocycles. The van der Waals surface area contributed by atoms with E-state index in [1.54, 1.807) is 133 Å². The average Bonchev–Trinajstić information content (AvgIpc) is 0.749. The summed E-state index contributed by atoms with van der Waals surface area (Å²) in [6.45, 7) is 25.6. The number of hydrogen-bond acceptors (Lipinski definition) is 18. The molecule has 0 aliphatic carbocycles. The second-order valence-corrected chi connectivity index (χ2v) is 23.6. The fourth-order valence-electron chi connectivity index (χ4n) is 11.4. The second-order valence-electron chi connectivity index (χ2n) is 23.6. The third-order valence-electron chi connectivity index (χ3n) is 16.3. The Kier molecular flexibility index (Phi) is 24.6. The predicted octanol–water partition coefficient (Wildman–Crippen LogP) is 13.2. The molecule has 3 aliphatic heterocycles. The molecule has 0 radical (unpaired) electrons. The van der Waals surface area contributed by atoms with Gasteiger partial charge in [-0.3, -0.25) is 48.3 Å². The van der Waals surface area contributed by atoms with Gasteiger partial charge in [0.05, 0.1) is 24.5 Å². The van der Waals surface area contributed by atoms with Gasteiger partial charge in [0.2, 0.25) is 0 Å². The van der Waals surface area contributed by atoms with Crippen molar-refractivity contribution in [2.45, 2.75) is 100.0 Å². The highest BCUT2D eigenvalue weighted by Crippen LogP contribution is 2.44. The smallest absolute Gasteiger partial charge is 0.333 e. The fourth-order valence-corrected chi connectivity index (χ4v) is 11.4. The van der Waals surface area contributed by atoms with Gasteiger partial charge < -0.3 is 37.9 Å². The summed E-state index contributed by atoms with van der Waals surface area (Å²) in [5.74, 6) is -1.78. The topological polar surface area (TPSA) is 254 Å². The van der Waals surface area contributed by atoms with E-state index in [0.717, 1.165) is 12.8 Å². The van der Waals surface area contributed by atoms with Crippen molar-refractivity contribution in [1.29, 1.82) is 0 Å². The standard InChI is InChI=1S/C27H23NO6.C26H27NO8.C24H31NO4/c1-4-28-25(30)19-11-10-18(24(29)17-8-6-5-7-9-17)23-21(13-12-20(22(19)23)26(28)31)33-14-15-34-27(32)16(2)3;1-6-27-23(28)17-7-9-19(32-11-13-34-25(30)15(2)3)22-20(10-8-18(21(17)22)24(27)29)33-12-14-35-26(31)16(4)5;1-5-6-7-8-9-10-15-29-20-14-12-18-21-17(11-13-19(28-4)22(20)21)23(26)25(16(2)3)24(18)27/h5-13H,2,4,14-15H2,1,3H3;7-10H,2,4,6,11-14H2,1,3,5H3;11-14,16H,5-10,15H2,1-4H3. The van der Waals surface area contributed by atoms with E-state index < -0.39 is 41.5 Å². The van der Waals surface area contributed by atoms with E-state index in [4.69, 9.17) is 37.9 Å². The van der Waals surface area contributed by atoms with Crippen molar-refractivity contribution in [1.82, 2.24) is 14.7 Å². The Bertz CT molecular complexity index is 4210. The summed E-state index contributed by atoms with van der Waals surface area (Å²) >= 11 is 0. The molecule has 0 fully saturated rings. The molecule has 0 unspecified atom stereocenters. The number of ether oxygens (including phenoxy) is 8. The molecule has 21 nitrogen and oxygen atoms in total. The van der Waals surface area contributed by atoms with Crippen LogP contribution in [-0.2, 0) is 28.6 Å². The quantitative estimate of drug-likeness (QED) is 0.0105. The normalized spacial score (nSPS) is 12.8. The van der Waals surface area contributed by atoms with Gasteiger partial charge >= 0.3 is 17.9 Å². The van der Waals surface area contributed by atoms with Crippen molar-refractivity contribution < 1.29 is 85.8 Å². The lowest BCUT2D eigenvalue weighted by atomic mass is 9.88. The number of rotatable bonds is 29. The third kappa shape index (κ3) is 15.8. The van der Waals surface area contributed by atoms with E-state index in [1.165, 1.54) is 40.4 Å². The Balaban J connectivity index is 0.000000188. The van der Waals surface area contributed by atoms with Gasteiger partial charge in [0, 0.05) is 102 Å². The van der Waals surface area contributed by atoms with E-state index in [1.807, 2.05) is 26.0 Å². The van der Waals surface area contributed by atoms with Crippen LogP contribution in [0.1, 0.15) is 172 Å². The Morgan fingerprint density at radius 2 is 0.724 bits per heavy atom. The first-order chi connectivity index (χ1) is 47.0. The first kappa shape index (κ1) is 72.9. The van der Waals surface area contributed by atoms with Gasteiger partial charge in [-0.15, -0.1) is 0 Å². The van der Waals surface area contributed by atoms with E-state index in [9.17, 15) is 47.9 Å². The molecule has 0 bridgehead atoms. The largest absolute Gasteiger partial charge is 0.496 e. The number of carbonyl (C=O) groups excluding carboxylic acids is 10. The van der Waals surface area contributed by atoms with Crippen LogP contribution in [0.3, 0.4) is 0 Å². The summed E-state index contributed by atoms with van der Waals surface area (Å²) in [5, 5.41) is 2.95. The highest BCUT2D eigenvalue weighted by Gasteiger charge is 2.38. The van der Waals surface area contributed by atoms with Gasteiger partial charge in [0.1, 0.15) is 68.4 Å². The van der Waals surface area contributed by atoms with Crippen molar-refractivity contribution in [3.63, 3.8) is 0 Å². The number of carbonyl (C=O) groups is 10. The molecule has 21 heteroatoms. The van der Waals surface area contributed by atoms with Crippen LogP contribution in [0.2, 0.25) is 0 Å². The van der Waals surface area contributed by atoms with E-state index in [2.05, 4.69) is 26.7 Å². The second kappa shape index (κ2) is 33.1. The van der Waals surface area contributed by atoms with Gasteiger partial charge in [-0.25, -0.2) is 14.4 Å². The molecule has 0 saturated carbocycles. The number of hydrogen-bond donors (Lipinski definition) is 0. The molecule has 10 rings (SSSR count). The van der Waals surface area contributed by atoms with E-state index in [0.29, 0.717) is 112 Å². The fraction of sp³-hybridized carbons (Fsp3) is 0.325. The molecule has 0 aromatic heterocycles. The maximum atomic E-state index is 13.4. The third-order valence-corrected chi connectivity index (χ3v) is 16.3. The molecule has 0 atom stereocenters. The molecule has 3 heterocycles. The summed E-state index contributed by atoms with van der Waals surface area (Å²) in [4.78, 5) is 130. The molecule has 0 N–H and O–H groups in total. The SMILES string of the molecule is C=C(C)C(=O)OCCOc1ccc2c3c(ccc(C(=O)c4ccccc4)c13)C(=O)N(CC)C2=O.C=C(C)C(=O)OCCOc1ccc2c3c(ccc(OCCOC(=O)C(=C)C)c13)C(=O)N(CC)C2=O.CCCCCCCCOc1ccc2c3c(ccc(OC)c13)C(=O)N(C(C)C)C2=O. The Morgan fingerprint density at radius 1 is 0.388 bits per heavy atom. The van der Waals surface area contributed by atoms with Gasteiger partial charge in [-0.05, 0) is 128 Å². The van der Waals surface area contributed by atoms with Crippen LogP contribution in [0, 0.1) is 0 Å². The monoisotopic (exact) mass is 1340 g/mol. The van der Waals surface area contributed by atoms with Gasteiger partial charge in [0.25, 0.3) is 35.4 Å². The molecule has 7 aromatic rings. The summed E-state index contributed by atoms with van der Waals surface area (Å²) in [6, 6.07) is 28.4. The van der Waals surface area contributed by atoms with Crippen LogP contribution in [0.4, 0.5) is 0 Å². The van der Waals surface area contributed by atoms with Crippen molar-refractivity contribution in [3.8, 4) is 28.7 Å². The maximum absolute atomic E-state index is 13.4. The minimum Gasteiger partial charge on any atom is -0.496 e. The minimum atomic E-state index is -0.533. The van der Waals surface area contributed by atoms with Gasteiger partial charge in [-0.2, -0.15) is 0 Å². The lowest BCUT2D eigenvalue weighted by Gasteiger charge is -2.30. The number of unbranched alkanes of at least 4 members (excludes halogenated alkanes) is 5. The number of nitrogens with zero attached hydrogens (tertiary/aromatic N) is 3. The highest BCUT2D eigenvalue weighted by atomic mass is 16.6. The number of amides is 6. The van der Waals surface area contributed by atoms with Crippen LogP contribution >= 0.6 is 0 Å². The van der Waals surface area contributed by atoms with Crippen molar-refractivity contribution in [2.75, 3.05) is 66.4 Å². The Hall–Kier alpha value is -11.0. The van der Waals surface area contributed by atoms with Gasteiger partial charge in [-0.1, -0.05) is 89.1 Å². The molecule has 6 amide bonds. The number of ketones is 1. The molecule has 98 heavy (non-hydrogen) atoms. The summed E-state index contributed by atoms with van der Waals surface area (Å²) in [7, 11) is 1.59. The van der Waals surface area contributed by atoms with Crippen LogP contribution in [-0.4, -0.2) is 146 Å². The number of benzene rings is 7. The molecule has 7 aromatic carbocycles.